The summed E-state index contributed by atoms with van der Waals surface area (Å²) in [5.74, 6) is 0.871. The predicted octanol–water partition coefficient (Wildman–Crippen LogP) is 3.23. The largest absolute Gasteiger partial charge is 0.381 e. The van der Waals surface area contributed by atoms with Crippen LogP contribution in [-0.2, 0) is 10.2 Å². The first kappa shape index (κ1) is 17.1. The molecule has 3 heterocycles. The van der Waals surface area contributed by atoms with Crippen molar-refractivity contribution in [3.8, 4) is 0 Å². The van der Waals surface area contributed by atoms with Crippen LogP contribution in [0, 0.1) is 0 Å². The minimum absolute atomic E-state index is 0.296. The zero-order valence-corrected chi connectivity index (χ0v) is 15.8. The molecule has 0 bridgehead atoms. The van der Waals surface area contributed by atoms with Gasteiger partial charge in [0.2, 0.25) is 5.95 Å². The van der Waals surface area contributed by atoms with Crippen molar-refractivity contribution in [2.75, 3.05) is 31.2 Å². The second-order valence-corrected chi connectivity index (χ2v) is 8.21. The van der Waals surface area contributed by atoms with Crippen molar-refractivity contribution in [3.63, 3.8) is 0 Å². The van der Waals surface area contributed by atoms with E-state index < -0.39 is 0 Å². The number of anilines is 1. The Morgan fingerprint density at radius 2 is 1.74 bits per heavy atom. The lowest BCUT2D eigenvalue weighted by Gasteiger charge is -2.40. The number of nitrogens with zero attached hydrogens (tertiary/aromatic N) is 3. The molecule has 2 aromatic rings. The first-order valence-corrected chi connectivity index (χ1v) is 10.3. The van der Waals surface area contributed by atoms with Crippen LogP contribution in [0.2, 0.25) is 0 Å². The lowest BCUT2D eigenvalue weighted by Crippen LogP contribution is -2.43. The first-order valence-electron chi connectivity index (χ1n) is 10.3. The number of nitrogens with one attached hydrogen (secondary N) is 1. The molecule has 142 valence electrons. The molecule has 1 N–H and O–H groups in total. The third-order valence-electron chi connectivity index (χ3n) is 6.72. The van der Waals surface area contributed by atoms with Crippen LogP contribution in [-0.4, -0.2) is 42.3 Å². The van der Waals surface area contributed by atoms with Crippen molar-refractivity contribution in [2.45, 2.75) is 49.6 Å². The van der Waals surface area contributed by atoms with Crippen LogP contribution < -0.4 is 10.2 Å². The fourth-order valence-electron chi connectivity index (χ4n) is 5.25. The Hall–Kier alpha value is -1.98. The average molecular weight is 364 g/mol. The van der Waals surface area contributed by atoms with Gasteiger partial charge in [-0.25, -0.2) is 9.97 Å². The first-order chi connectivity index (χ1) is 13.3. The SMILES string of the molecule is c1cnc(N2CCC3(CC2)CC(NC2CCOCC2)c2ccccc23)nc1. The number of benzene rings is 1. The van der Waals surface area contributed by atoms with E-state index in [0.29, 0.717) is 17.5 Å². The van der Waals surface area contributed by atoms with Crippen LogP contribution in [0.5, 0.6) is 0 Å². The molecule has 2 aliphatic heterocycles. The van der Waals surface area contributed by atoms with Gasteiger partial charge in [0, 0.05) is 56.2 Å². The van der Waals surface area contributed by atoms with Crippen molar-refractivity contribution in [2.24, 2.45) is 0 Å². The van der Waals surface area contributed by atoms with Gasteiger partial charge in [-0.1, -0.05) is 24.3 Å². The molecule has 1 unspecified atom stereocenters. The van der Waals surface area contributed by atoms with Gasteiger partial charge in [0.1, 0.15) is 0 Å². The fourth-order valence-corrected chi connectivity index (χ4v) is 5.25. The molecule has 5 nitrogen and oxygen atoms in total. The van der Waals surface area contributed by atoms with Gasteiger partial charge in [0.15, 0.2) is 0 Å². The van der Waals surface area contributed by atoms with Crippen molar-refractivity contribution < 1.29 is 4.74 Å². The molecule has 0 radical (unpaired) electrons. The molecular weight excluding hydrogens is 336 g/mol. The Balaban J connectivity index is 1.34. The number of hydrogen-bond donors (Lipinski definition) is 1. The molecule has 3 aliphatic rings. The minimum Gasteiger partial charge on any atom is -0.381 e. The Kier molecular flexibility index (Phi) is 4.58. The monoisotopic (exact) mass is 364 g/mol. The molecule has 1 aliphatic carbocycles. The molecule has 1 aromatic heterocycles. The zero-order chi connectivity index (χ0) is 18.1. The quantitative estimate of drug-likeness (QED) is 0.906. The van der Waals surface area contributed by atoms with Gasteiger partial charge in [0.25, 0.3) is 0 Å². The van der Waals surface area contributed by atoms with Crippen LogP contribution in [0.25, 0.3) is 0 Å². The number of hydrogen-bond acceptors (Lipinski definition) is 5. The molecular formula is C22H28N4O. The molecule has 0 saturated carbocycles. The van der Waals surface area contributed by atoms with E-state index in [4.69, 9.17) is 4.74 Å². The normalized spacial score (nSPS) is 24.9. The van der Waals surface area contributed by atoms with Gasteiger partial charge in [-0.05, 0) is 49.3 Å². The number of fused-ring (bicyclic) bond motifs is 2. The molecule has 5 rings (SSSR count). The molecule has 2 fully saturated rings. The van der Waals surface area contributed by atoms with Gasteiger partial charge >= 0.3 is 0 Å². The van der Waals surface area contributed by atoms with Crippen LogP contribution in [0.4, 0.5) is 5.95 Å². The molecule has 1 spiro atoms. The van der Waals surface area contributed by atoms with E-state index in [1.807, 2.05) is 18.5 Å². The minimum atomic E-state index is 0.296. The summed E-state index contributed by atoms with van der Waals surface area (Å²) >= 11 is 0. The molecule has 1 atom stereocenters. The zero-order valence-electron chi connectivity index (χ0n) is 15.8. The molecule has 27 heavy (non-hydrogen) atoms. The van der Waals surface area contributed by atoms with Crippen molar-refractivity contribution >= 4 is 5.95 Å². The Labute approximate surface area is 161 Å². The maximum absolute atomic E-state index is 5.54. The smallest absolute Gasteiger partial charge is 0.225 e. The highest BCUT2D eigenvalue weighted by Gasteiger charge is 2.45. The Bertz CT molecular complexity index is 767. The van der Waals surface area contributed by atoms with E-state index in [9.17, 15) is 0 Å². The molecule has 0 amide bonds. The van der Waals surface area contributed by atoms with Gasteiger partial charge in [-0.3, -0.25) is 0 Å². The Morgan fingerprint density at radius 3 is 2.52 bits per heavy atom. The van der Waals surface area contributed by atoms with Crippen LogP contribution in [0.3, 0.4) is 0 Å². The van der Waals surface area contributed by atoms with E-state index >= 15 is 0 Å². The van der Waals surface area contributed by atoms with E-state index in [1.54, 1.807) is 5.56 Å². The summed E-state index contributed by atoms with van der Waals surface area (Å²) in [7, 11) is 0. The standard InChI is InChI=1S/C22H28N4O/c1-2-5-19-18(4-1)20(25-17-6-14-27-15-7-17)16-22(19)8-12-26(13-9-22)21-23-10-3-11-24-21/h1-5,10-11,17,20,25H,6-9,12-16H2. The van der Waals surface area contributed by atoms with Crippen LogP contribution in [0.1, 0.15) is 49.3 Å². The number of ether oxygens (including phenoxy) is 1. The van der Waals surface area contributed by atoms with Gasteiger partial charge in [-0.2, -0.15) is 0 Å². The highest BCUT2D eigenvalue weighted by atomic mass is 16.5. The molecule has 2 saturated heterocycles. The number of rotatable bonds is 3. The summed E-state index contributed by atoms with van der Waals surface area (Å²) < 4.78 is 5.54. The third-order valence-corrected chi connectivity index (χ3v) is 6.72. The summed E-state index contributed by atoms with van der Waals surface area (Å²) in [6, 6.07) is 12.1. The van der Waals surface area contributed by atoms with E-state index in [1.165, 1.54) is 24.8 Å². The Morgan fingerprint density at radius 1 is 1.00 bits per heavy atom. The van der Waals surface area contributed by atoms with E-state index in [0.717, 1.165) is 45.1 Å². The summed E-state index contributed by atoms with van der Waals surface area (Å²) in [6.07, 6.45) is 9.50. The second kappa shape index (κ2) is 7.21. The average Bonchev–Trinajstić information content (AvgIpc) is 3.03. The van der Waals surface area contributed by atoms with Crippen LogP contribution >= 0.6 is 0 Å². The van der Waals surface area contributed by atoms with Crippen molar-refractivity contribution in [1.29, 1.82) is 0 Å². The fraction of sp³-hybridized carbons (Fsp3) is 0.545. The summed E-state index contributed by atoms with van der Waals surface area (Å²) in [6.45, 7) is 3.84. The molecule has 5 heteroatoms. The maximum atomic E-state index is 5.54. The highest BCUT2D eigenvalue weighted by Crippen LogP contribution is 2.51. The van der Waals surface area contributed by atoms with Gasteiger partial charge in [-0.15, -0.1) is 0 Å². The van der Waals surface area contributed by atoms with E-state index in [-0.39, 0.29) is 0 Å². The maximum Gasteiger partial charge on any atom is 0.225 e. The van der Waals surface area contributed by atoms with Crippen molar-refractivity contribution in [3.05, 3.63) is 53.9 Å². The van der Waals surface area contributed by atoms with Crippen molar-refractivity contribution in [1.82, 2.24) is 15.3 Å². The number of aromatic nitrogens is 2. The highest BCUT2D eigenvalue weighted by molar-refractivity contribution is 5.44. The third kappa shape index (κ3) is 3.23. The molecule has 1 aromatic carbocycles. The number of piperidine rings is 1. The predicted molar refractivity (Wildman–Crippen MR) is 106 cm³/mol. The van der Waals surface area contributed by atoms with Crippen LogP contribution in [0.15, 0.2) is 42.7 Å². The second-order valence-electron chi connectivity index (χ2n) is 8.21. The van der Waals surface area contributed by atoms with Gasteiger partial charge in [0.05, 0.1) is 0 Å². The summed E-state index contributed by atoms with van der Waals surface area (Å²) in [5, 5.41) is 3.97. The van der Waals surface area contributed by atoms with E-state index in [2.05, 4.69) is 44.5 Å². The lowest BCUT2D eigenvalue weighted by molar-refractivity contribution is 0.0739. The summed E-state index contributed by atoms with van der Waals surface area (Å²) in [4.78, 5) is 11.2. The lowest BCUT2D eigenvalue weighted by atomic mass is 9.73. The van der Waals surface area contributed by atoms with Gasteiger partial charge < -0.3 is 15.0 Å². The summed E-state index contributed by atoms with van der Waals surface area (Å²) in [5.41, 5.74) is 3.39. The topological polar surface area (TPSA) is 50.3 Å².